The van der Waals surface area contributed by atoms with Gasteiger partial charge in [-0.2, -0.15) is 10.4 Å². The van der Waals surface area contributed by atoms with Gasteiger partial charge in [0.15, 0.2) is 11.6 Å². The van der Waals surface area contributed by atoms with Gasteiger partial charge in [-0.25, -0.2) is 14.4 Å². The van der Waals surface area contributed by atoms with Crippen LogP contribution in [0, 0.1) is 17.1 Å². The fourth-order valence-corrected chi connectivity index (χ4v) is 4.07. The molecular formula is C25H28FN7O2. The molecule has 0 saturated carbocycles. The van der Waals surface area contributed by atoms with E-state index in [2.05, 4.69) is 33.0 Å². The molecule has 0 atom stereocenters. The Bertz CT molecular complexity index is 1230. The van der Waals surface area contributed by atoms with Crippen molar-refractivity contribution < 1.29 is 13.9 Å². The number of halogens is 1. The van der Waals surface area contributed by atoms with Crippen molar-refractivity contribution in [3.8, 4) is 11.8 Å². The van der Waals surface area contributed by atoms with Gasteiger partial charge in [0.2, 0.25) is 5.95 Å². The minimum atomic E-state index is -0.634. The molecule has 2 aromatic heterocycles. The summed E-state index contributed by atoms with van der Waals surface area (Å²) in [4.78, 5) is 24.5. The quantitative estimate of drug-likeness (QED) is 0.514. The molecule has 9 nitrogen and oxygen atoms in total. The molecule has 3 heterocycles. The van der Waals surface area contributed by atoms with Crippen molar-refractivity contribution in [1.82, 2.24) is 24.6 Å². The van der Waals surface area contributed by atoms with E-state index in [9.17, 15) is 14.4 Å². The third kappa shape index (κ3) is 5.24. The fourth-order valence-electron chi connectivity index (χ4n) is 4.07. The highest BCUT2D eigenvalue weighted by Crippen LogP contribution is 2.27. The Morgan fingerprint density at radius 2 is 1.94 bits per heavy atom. The number of rotatable bonds is 7. The van der Waals surface area contributed by atoms with Crippen LogP contribution in [0.3, 0.4) is 0 Å². The van der Waals surface area contributed by atoms with Gasteiger partial charge in [0.25, 0.3) is 5.91 Å². The zero-order chi connectivity index (χ0) is 24.9. The molecule has 1 aromatic carbocycles. The van der Waals surface area contributed by atoms with Crippen LogP contribution in [0.2, 0.25) is 0 Å². The monoisotopic (exact) mass is 477 g/mol. The van der Waals surface area contributed by atoms with E-state index < -0.39 is 5.82 Å². The maximum Gasteiger partial charge on any atom is 0.253 e. The van der Waals surface area contributed by atoms with Gasteiger partial charge in [-0.3, -0.25) is 9.48 Å². The molecule has 0 spiro atoms. The van der Waals surface area contributed by atoms with Crippen molar-refractivity contribution in [1.29, 1.82) is 5.26 Å². The molecule has 4 rings (SSSR count). The van der Waals surface area contributed by atoms with Crippen LogP contribution in [0.15, 0.2) is 36.8 Å². The summed E-state index contributed by atoms with van der Waals surface area (Å²) in [5.74, 6) is -0.195. The van der Waals surface area contributed by atoms with E-state index in [-0.39, 0.29) is 29.9 Å². The molecule has 1 amide bonds. The summed E-state index contributed by atoms with van der Waals surface area (Å²) < 4.78 is 21.8. The smallest absolute Gasteiger partial charge is 0.253 e. The van der Waals surface area contributed by atoms with Gasteiger partial charge in [-0.1, -0.05) is 6.92 Å². The van der Waals surface area contributed by atoms with E-state index in [4.69, 9.17) is 4.74 Å². The zero-order valence-electron chi connectivity index (χ0n) is 20.1. The Morgan fingerprint density at radius 1 is 1.23 bits per heavy atom. The zero-order valence-corrected chi connectivity index (χ0v) is 20.1. The second-order valence-corrected chi connectivity index (χ2v) is 8.67. The third-order valence-corrected chi connectivity index (χ3v) is 6.14. The molecule has 1 aliphatic heterocycles. The lowest BCUT2D eigenvalue weighted by molar-refractivity contribution is 0.0827. The number of piperidine rings is 1. The molecule has 3 aromatic rings. The van der Waals surface area contributed by atoms with Crippen LogP contribution in [-0.2, 0) is 13.0 Å². The first-order valence-corrected chi connectivity index (χ1v) is 11.6. The van der Waals surface area contributed by atoms with Crippen LogP contribution >= 0.6 is 0 Å². The second-order valence-electron chi connectivity index (χ2n) is 8.67. The van der Waals surface area contributed by atoms with Gasteiger partial charge in [0.05, 0.1) is 12.2 Å². The first kappa shape index (κ1) is 24.1. The lowest BCUT2D eigenvalue weighted by atomic mass is 10.1. The number of carbonyl (C=O) groups excluding carboxylic acids is 1. The van der Waals surface area contributed by atoms with Gasteiger partial charge < -0.3 is 14.5 Å². The number of amides is 1. The Hall–Kier alpha value is -4.00. The number of ether oxygens (including phenoxy) is 1. The van der Waals surface area contributed by atoms with Crippen LogP contribution in [0.1, 0.15) is 53.0 Å². The fraction of sp³-hybridized carbons (Fsp3) is 0.400. The summed E-state index contributed by atoms with van der Waals surface area (Å²) in [6.45, 7) is 3.59. The molecule has 1 aliphatic rings. The van der Waals surface area contributed by atoms with Gasteiger partial charge in [0, 0.05) is 50.7 Å². The average Bonchev–Trinajstić information content (AvgIpc) is 3.30. The number of anilines is 1. The molecule has 0 N–H and O–H groups in total. The van der Waals surface area contributed by atoms with E-state index in [0.29, 0.717) is 11.3 Å². The maximum absolute atomic E-state index is 14.5. The molecule has 1 fully saturated rings. The van der Waals surface area contributed by atoms with E-state index >= 15 is 0 Å². The van der Waals surface area contributed by atoms with Crippen molar-refractivity contribution in [3.05, 3.63) is 65.0 Å². The van der Waals surface area contributed by atoms with Crippen LogP contribution in [0.25, 0.3) is 0 Å². The van der Waals surface area contributed by atoms with Crippen molar-refractivity contribution in [3.63, 3.8) is 0 Å². The molecule has 10 heteroatoms. The highest BCUT2D eigenvalue weighted by atomic mass is 19.1. The lowest BCUT2D eigenvalue weighted by Gasteiger charge is -2.32. The Kier molecular flexibility index (Phi) is 7.25. The topological polar surface area (TPSA) is 100 Å². The Morgan fingerprint density at radius 3 is 2.54 bits per heavy atom. The van der Waals surface area contributed by atoms with E-state index in [0.717, 1.165) is 49.9 Å². The third-order valence-electron chi connectivity index (χ3n) is 6.14. The number of carbonyl (C=O) groups is 1. The SMILES string of the molecule is CCc1cnc(N2CCC(n3ncc(COc4ccc(C(=O)N(C)C)cc4F)c3C#N)CC2)nc1. The van der Waals surface area contributed by atoms with Crippen molar-refractivity contribution in [2.45, 2.75) is 38.8 Å². The molecule has 0 aliphatic carbocycles. The summed E-state index contributed by atoms with van der Waals surface area (Å²) in [7, 11) is 3.21. The van der Waals surface area contributed by atoms with E-state index in [1.54, 1.807) is 25.0 Å². The van der Waals surface area contributed by atoms with Crippen LogP contribution in [0.5, 0.6) is 5.75 Å². The minimum absolute atomic E-state index is 0.00273. The second kappa shape index (κ2) is 10.5. The summed E-state index contributed by atoms with van der Waals surface area (Å²) >= 11 is 0. The maximum atomic E-state index is 14.5. The van der Waals surface area contributed by atoms with E-state index in [1.807, 2.05) is 12.4 Å². The number of aryl methyl sites for hydroxylation is 1. The van der Waals surface area contributed by atoms with Crippen LogP contribution in [0.4, 0.5) is 10.3 Å². The molecule has 0 radical (unpaired) electrons. The van der Waals surface area contributed by atoms with Crippen molar-refractivity contribution in [2.75, 3.05) is 32.1 Å². The number of nitriles is 1. The number of hydrogen-bond donors (Lipinski definition) is 0. The number of benzene rings is 1. The highest BCUT2D eigenvalue weighted by molar-refractivity contribution is 5.94. The van der Waals surface area contributed by atoms with Gasteiger partial charge in [-0.05, 0) is 43.0 Å². The van der Waals surface area contributed by atoms with Gasteiger partial charge in [-0.15, -0.1) is 0 Å². The first-order chi connectivity index (χ1) is 16.9. The Balaban J connectivity index is 1.40. The molecule has 0 bridgehead atoms. The normalized spacial score (nSPS) is 14.0. The van der Waals surface area contributed by atoms with Crippen LogP contribution in [-0.4, -0.2) is 57.7 Å². The summed E-state index contributed by atoms with van der Waals surface area (Å²) in [5, 5.41) is 14.2. The molecule has 1 saturated heterocycles. The van der Waals surface area contributed by atoms with Gasteiger partial charge in [0.1, 0.15) is 18.4 Å². The predicted molar refractivity (Wildman–Crippen MR) is 128 cm³/mol. The van der Waals surface area contributed by atoms with Crippen molar-refractivity contribution in [2.24, 2.45) is 0 Å². The van der Waals surface area contributed by atoms with Gasteiger partial charge >= 0.3 is 0 Å². The number of aromatic nitrogens is 4. The van der Waals surface area contributed by atoms with E-state index in [1.165, 1.54) is 17.0 Å². The van der Waals surface area contributed by atoms with Crippen LogP contribution < -0.4 is 9.64 Å². The largest absolute Gasteiger partial charge is 0.486 e. The summed E-state index contributed by atoms with van der Waals surface area (Å²) in [5.41, 5.74) is 2.34. The number of hydrogen-bond acceptors (Lipinski definition) is 7. The standard InChI is InChI=1S/C25H28FN7O2/c1-4-17-13-28-25(29-14-17)32-9-7-20(8-10-32)33-22(12-27)19(15-30-33)16-35-23-6-5-18(11-21(23)26)24(34)31(2)3/h5-6,11,13-15,20H,4,7-10,16H2,1-3H3. The lowest BCUT2D eigenvalue weighted by Crippen LogP contribution is -2.36. The average molecular weight is 478 g/mol. The molecule has 182 valence electrons. The minimum Gasteiger partial charge on any atom is -0.486 e. The predicted octanol–water partition coefficient (Wildman–Crippen LogP) is 3.37. The summed E-state index contributed by atoms with van der Waals surface area (Å²) in [6, 6.07) is 6.38. The Labute approximate surface area is 203 Å². The molecule has 35 heavy (non-hydrogen) atoms. The highest BCUT2D eigenvalue weighted by Gasteiger charge is 2.26. The summed E-state index contributed by atoms with van der Waals surface area (Å²) in [6.07, 6.45) is 7.81. The number of nitrogens with zero attached hydrogens (tertiary/aromatic N) is 7. The van der Waals surface area contributed by atoms with Crippen molar-refractivity contribution >= 4 is 11.9 Å². The first-order valence-electron chi connectivity index (χ1n) is 11.6. The molecular weight excluding hydrogens is 449 g/mol. The molecule has 0 unspecified atom stereocenters.